The van der Waals surface area contributed by atoms with E-state index in [0.29, 0.717) is 6.04 Å². The van der Waals surface area contributed by atoms with Crippen LogP contribution in [-0.4, -0.2) is 54.6 Å². The number of rotatable bonds is 3. The minimum absolute atomic E-state index is 0.701. The van der Waals surface area contributed by atoms with Gasteiger partial charge in [0.1, 0.15) is 0 Å². The minimum atomic E-state index is 0.701. The minimum Gasteiger partial charge on any atom is -0.330 e. The molecule has 1 saturated carbocycles. The van der Waals surface area contributed by atoms with E-state index in [0.717, 1.165) is 18.5 Å². The van der Waals surface area contributed by atoms with Crippen LogP contribution < -0.4 is 5.73 Å². The van der Waals surface area contributed by atoms with Gasteiger partial charge in [-0.25, -0.2) is 0 Å². The van der Waals surface area contributed by atoms with E-state index in [2.05, 4.69) is 23.6 Å². The number of hydrogen-bond acceptors (Lipinski definition) is 3. The Labute approximate surface area is 113 Å². The molecule has 0 aromatic carbocycles. The van der Waals surface area contributed by atoms with Crippen LogP contribution in [0.2, 0.25) is 0 Å². The maximum absolute atomic E-state index is 6.01. The summed E-state index contributed by atoms with van der Waals surface area (Å²) in [6, 6.07) is 1.47. The van der Waals surface area contributed by atoms with E-state index < -0.39 is 0 Å². The van der Waals surface area contributed by atoms with Crippen LogP contribution in [0.1, 0.15) is 46.0 Å². The first-order chi connectivity index (χ1) is 8.72. The van der Waals surface area contributed by atoms with Crippen molar-refractivity contribution in [1.82, 2.24) is 9.80 Å². The molecule has 2 N–H and O–H groups in total. The predicted octanol–water partition coefficient (Wildman–Crippen LogP) is 1.92. The molecule has 1 aliphatic heterocycles. The van der Waals surface area contributed by atoms with Gasteiger partial charge < -0.3 is 5.73 Å². The van der Waals surface area contributed by atoms with Crippen LogP contribution in [0, 0.1) is 5.92 Å². The van der Waals surface area contributed by atoms with Crippen LogP contribution in [0.3, 0.4) is 0 Å². The van der Waals surface area contributed by atoms with E-state index in [1.165, 1.54) is 58.3 Å². The van der Waals surface area contributed by atoms with E-state index in [9.17, 15) is 0 Å². The third-order valence-electron chi connectivity index (χ3n) is 4.97. The highest BCUT2D eigenvalue weighted by molar-refractivity contribution is 4.86. The Kier molecular flexibility index (Phi) is 5.46. The molecule has 0 aromatic heterocycles. The summed E-state index contributed by atoms with van der Waals surface area (Å²) in [4.78, 5) is 5.34. The van der Waals surface area contributed by atoms with Crippen LogP contribution in [0.25, 0.3) is 0 Å². The highest BCUT2D eigenvalue weighted by Gasteiger charge is 2.30. The molecule has 2 aliphatic rings. The van der Waals surface area contributed by atoms with E-state index in [4.69, 9.17) is 5.73 Å². The van der Waals surface area contributed by atoms with Gasteiger partial charge in [-0.3, -0.25) is 9.80 Å². The maximum atomic E-state index is 6.01. The van der Waals surface area contributed by atoms with Crippen molar-refractivity contribution in [1.29, 1.82) is 0 Å². The Hall–Kier alpha value is -0.120. The van der Waals surface area contributed by atoms with E-state index in [-0.39, 0.29) is 0 Å². The molecule has 0 spiro atoms. The zero-order valence-corrected chi connectivity index (χ0v) is 12.3. The molecule has 1 aliphatic carbocycles. The molecule has 2 rings (SSSR count). The van der Waals surface area contributed by atoms with Crippen molar-refractivity contribution in [3.8, 4) is 0 Å². The molecule has 1 saturated heterocycles. The van der Waals surface area contributed by atoms with Gasteiger partial charge in [-0.1, -0.05) is 19.3 Å². The maximum Gasteiger partial charge on any atom is 0.0137 e. The van der Waals surface area contributed by atoms with E-state index >= 15 is 0 Å². The van der Waals surface area contributed by atoms with Crippen LogP contribution in [-0.2, 0) is 0 Å². The van der Waals surface area contributed by atoms with Gasteiger partial charge >= 0.3 is 0 Å². The third kappa shape index (κ3) is 3.46. The van der Waals surface area contributed by atoms with Crippen molar-refractivity contribution in [2.45, 2.75) is 58.0 Å². The lowest BCUT2D eigenvalue weighted by Gasteiger charge is -2.43. The van der Waals surface area contributed by atoms with Gasteiger partial charge in [0.25, 0.3) is 0 Å². The van der Waals surface area contributed by atoms with E-state index in [1.54, 1.807) is 0 Å². The molecule has 2 atom stereocenters. The molecule has 106 valence electrons. The molecule has 0 radical (unpaired) electrons. The Bertz CT molecular complexity index is 234. The molecule has 2 fully saturated rings. The van der Waals surface area contributed by atoms with Crippen molar-refractivity contribution in [2.75, 3.05) is 32.7 Å². The van der Waals surface area contributed by atoms with Gasteiger partial charge in [0, 0.05) is 38.3 Å². The quantitative estimate of drug-likeness (QED) is 0.780. The summed E-state index contributed by atoms with van der Waals surface area (Å²) in [6.45, 7) is 10.5. The standard InChI is InChI=1S/C15H31N3/c1-13(2)17-8-10-18(11-9-17)15-7-5-3-4-6-14(15)12-16/h13-15H,3-12,16H2,1-2H3. The fraction of sp³-hybridized carbons (Fsp3) is 1.00. The van der Waals surface area contributed by atoms with Gasteiger partial charge in [0.2, 0.25) is 0 Å². The second kappa shape index (κ2) is 6.88. The van der Waals surface area contributed by atoms with Crippen molar-refractivity contribution < 1.29 is 0 Å². The predicted molar refractivity (Wildman–Crippen MR) is 77.7 cm³/mol. The summed E-state index contributed by atoms with van der Waals surface area (Å²) < 4.78 is 0. The van der Waals surface area contributed by atoms with Crippen LogP contribution in [0.15, 0.2) is 0 Å². The van der Waals surface area contributed by atoms with Crippen molar-refractivity contribution in [3.05, 3.63) is 0 Å². The largest absolute Gasteiger partial charge is 0.330 e. The number of nitrogens with zero attached hydrogens (tertiary/aromatic N) is 2. The molecular weight excluding hydrogens is 222 g/mol. The Morgan fingerprint density at radius 1 is 1.00 bits per heavy atom. The lowest BCUT2D eigenvalue weighted by molar-refractivity contribution is 0.0540. The lowest BCUT2D eigenvalue weighted by atomic mass is 9.93. The summed E-state index contributed by atoms with van der Waals surface area (Å²) in [5, 5.41) is 0. The SMILES string of the molecule is CC(C)N1CCN(C2CCCCCC2CN)CC1. The summed E-state index contributed by atoms with van der Waals surface area (Å²) in [5.74, 6) is 0.748. The molecule has 0 amide bonds. The Morgan fingerprint density at radius 2 is 1.67 bits per heavy atom. The second-order valence-electron chi connectivity index (χ2n) is 6.37. The van der Waals surface area contributed by atoms with Gasteiger partial charge in [-0.15, -0.1) is 0 Å². The van der Waals surface area contributed by atoms with Crippen molar-refractivity contribution in [3.63, 3.8) is 0 Å². The Morgan fingerprint density at radius 3 is 2.28 bits per heavy atom. The highest BCUT2D eigenvalue weighted by atomic mass is 15.3. The average Bonchev–Trinajstić information content (AvgIpc) is 2.63. The first-order valence-electron chi connectivity index (χ1n) is 7.90. The van der Waals surface area contributed by atoms with Gasteiger partial charge in [-0.2, -0.15) is 0 Å². The summed E-state index contributed by atoms with van der Waals surface area (Å²) in [5.41, 5.74) is 6.01. The van der Waals surface area contributed by atoms with Crippen LogP contribution in [0.4, 0.5) is 0 Å². The molecule has 1 heterocycles. The Balaban J connectivity index is 1.90. The highest BCUT2D eigenvalue weighted by Crippen LogP contribution is 2.27. The fourth-order valence-electron chi connectivity index (χ4n) is 3.71. The molecule has 0 aromatic rings. The van der Waals surface area contributed by atoms with Gasteiger partial charge in [0.15, 0.2) is 0 Å². The number of piperazine rings is 1. The number of nitrogens with two attached hydrogens (primary N) is 1. The molecule has 3 heteroatoms. The fourth-order valence-corrected chi connectivity index (χ4v) is 3.71. The molecular formula is C15H31N3. The lowest BCUT2D eigenvalue weighted by Crippen LogP contribution is -2.54. The summed E-state index contributed by atoms with van der Waals surface area (Å²) in [7, 11) is 0. The number of hydrogen-bond donors (Lipinski definition) is 1. The normalized spacial score (nSPS) is 32.7. The van der Waals surface area contributed by atoms with Gasteiger partial charge in [0.05, 0.1) is 0 Å². The molecule has 0 bridgehead atoms. The monoisotopic (exact) mass is 253 g/mol. The van der Waals surface area contributed by atoms with E-state index in [1.807, 2.05) is 0 Å². The molecule has 18 heavy (non-hydrogen) atoms. The first-order valence-corrected chi connectivity index (χ1v) is 7.90. The summed E-state index contributed by atoms with van der Waals surface area (Å²) >= 11 is 0. The van der Waals surface area contributed by atoms with Crippen LogP contribution in [0.5, 0.6) is 0 Å². The first kappa shape index (κ1) is 14.3. The topological polar surface area (TPSA) is 32.5 Å². The van der Waals surface area contributed by atoms with Crippen LogP contribution >= 0.6 is 0 Å². The third-order valence-corrected chi connectivity index (χ3v) is 4.97. The van der Waals surface area contributed by atoms with Crippen molar-refractivity contribution in [2.24, 2.45) is 11.7 Å². The van der Waals surface area contributed by atoms with Gasteiger partial charge in [-0.05, 0) is 39.2 Å². The summed E-state index contributed by atoms with van der Waals surface area (Å²) in [6.07, 6.45) is 6.95. The second-order valence-corrected chi connectivity index (χ2v) is 6.37. The zero-order chi connectivity index (χ0) is 13.0. The smallest absolute Gasteiger partial charge is 0.0137 e. The zero-order valence-electron chi connectivity index (χ0n) is 12.3. The van der Waals surface area contributed by atoms with Crippen molar-refractivity contribution >= 4 is 0 Å². The molecule has 2 unspecified atom stereocenters. The molecule has 3 nitrogen and oxygen atoms in total. The average molecular weight is 253 g/mol.